The maximum Gasteiger partial charge on any atom is 0.305 e. The van der Waals surface area contributed by atoms with Crippen LogP contribution in [0.5, 0.6) is 0 Å². The summed E-state index contributed by atoms with van der Waals surface area (Å²) in [7, 11) is 1.79. The van der Waals surface area contributed by atoms with Crippen LogP contribution in [0.4, 0.5) is 11.8 Å². The van der Waals surface area contributed by atoms with E-state index in [-0.39, 0.29) is 5.97 Å². The smallest absolute Gasteiger partial charge is 0.305 e. The van der Waals surface area contributed by atoms with Crippen LogP contribution in [0.1, 0.15) is 19.8 Å². The van der Waals surface area contributed by atoms with Crippen LogP contribution in [0.3, 0.4) is 0 Å². The summed E-state index contributed by atoms with van der Waals surface area (Å²) >= 11 is 0. The molecular weight excluding hydrogens is 268 g/mol. The Labute approximate surface area is 123 Å². The molecular formula is C15H20N4O2. The zero-order chi connectivity index (χ0) is 15.1. The van der Waals surface area contributed by atoms with Crippen LogP contribution in [-0.2, 0) is 9.53 Å². The second kappa shape index (κ2) is 7.42. The third kappa shape index (κ3) is 4.05. The van der Waals surface area contributed by atoms with E-state index in [2.05, 4.69) is 20.6 Å². The van der Waals surface area contributed by atoms with Crippen LogP contribution in [0.2, 0.25) is 0 Å². The fourth-order valence-corrected chi connectivity index (χ4v) is 2.00. The van der Waals surface area contributed by atoms with Crippen molar-refractivity contribution in [2.24, 2.45) is 0 Å². The topological polar surface area (TPSA) is 76.1 Å². The number of aromatic nitrogens is 2. The van der Waals surface area contributed by atoms with Gasteiger partial charge < -0.3 is 15.4 Å². The van der Waals surface area contributed by atoms with E-state index in [1.165, 1.54) is 0 Å². The molecule has 0 aliphatic heterocycles. The zero-order valence-corrected chi connectivity index (χ0v) is 12.3. The number of carbonyl (C=O) groups excluding carboxylic acids is 1. The molecule has 0 atom stereocenters. The second-order valence-electron chi connectivity index (χ2n) is 4.50. The van der Waals surface area contributed by atoms with Gasteiger partial charge in [0.2, 0.25) is 5.95 Å². The first-order valence-corrected chi connectivity index (χ1v) is 7.08. The van der Waals surface area contributed by atoms with E-state index in [0.29, 0.717) is 31.9 Å². The molecule has 0 aliphatic carbocycles. The normalized spacial score (nSPS) is 10.4. The lowest BCUT2D eigenvalue weighted by Gasteiger charge is -2.10. The highest BCUT2D eigenvalue weighted by Crippen LogP contribution is 2.21. The van der Waals surface area contributed by atoms with Crippen molar-refractivity contribution < 1.29 is 9.53 Å². The first-order valence-electron chi connectivity index (χ1n) is 7.08. The minimum atomic E-state index is -0.164. The lowest BCUT2D eigenvalue weighted by atomic mass is 10.2. The van der Waals surface area contributed by atoms with Crippen LogP contribution < -0.4 is 10.6 Å². The van der Waals surface area contributed by atoms with Gasteiger partial charge >= 0.3 is 5.97 Å². The van der Waals surface area contributed by atoms with Gasteiger partial charge in [-0.2, -0.15) is 4.98 Å². The third-order valence-electron chi connectivity index (χ3n) is 2.98. The summed E-state index contributed by atoms with van der Waals surface area (Å²) in [5.74, 6) is 1.18. The van der Waals surface area contributed by atoms with Crippen molar-refractivity contribution in [3.63, 3.8) is 0 Å². The molecule has 0 saturated carbocycles. The molecule has 0 unspecified atom stereocenters. The maximum atomic E-state index is 11.3. The highest BCUT2D eigenvalue weighted by atomic mass is 16.5. The van der Waals surface area contributed by atoms with Gasteiger partial charge in [-0.25, -0.2) is 4.98 Å². The number of benzene rings is 1. The van der Waals surface area contributed by atoms with E-state index in [1.54, 1.807) is 7.05 Å². The molecule has 1 aromatic carbocycles. The summed E-state index contributed by atoms with van der Waals surface area (Å²) in [4.78, 5) is 20.1. The van der Waals surface area contributed by atoms with Crippen molar-refractivity contribution in [1.29, 1.82) is 0 Å². The molecule has 6 nitrogen and oxygen atoms in total. The Kier molecular flexibility index (Phi) is 5.31. The Balaban J connectivity index is 2.02. The van der Waals surface area contributed by atoms with E-state index in [1.807, 2.05) is 31.2 Å². The molecule has 2 N–H and O–H groups in total. The number of carbonyl (C=O) groups is 1. The van der Waals surface area contributed by atoms with Crippen LogP contribution in [-0.4, -0.2) is 36.1 Å². The number of hydrogen-bond acceptors (Lipinski definition) is 6. The molecule has 1 aromatic heterocycles. The minimum absolute atomic E-state index is 0.164. The Morgan fingerprint density at radius 2 is 2.10 bits per heavy atom. The summed E-state index contributed by atoms with van der Waals surface area (Å²) in [6.45, 7) is 2.89. The van der Waals surface area contributed by atoms with Crippen LogP contribution in [0, 0.1) is 0 Å². The van der Waals surface area contributed by atoms with E-state index in [4.69, 9.17) is 4.74 Å². The summed E-state index contributed by atoms with van der Waals surface area (Å²) < 4.78 is 4.90. The monoisotopic (exact) mass is 288 g/mol. The molecule has 1 heterocycles. The number of nitrogens with zero attached hydrogens (tertiary/aromatic N) is 2. The van der Waals surface area contributed by atoms with Gasteiger partial charge in [0.25, 0.3) is 0 Å². The fraction of sp³-hybridized carbons (Fsp3) is 0.400. The Morgan fingerprint density at radius 1 is 1.29 bits per heavy atom. The molecule has 2 aromatic rings. The van der Waals surface area contributed by atoms with Gasteiger partial charge in [0.15, 0.2) is 0 Å². The van der Waals surface area contributed by atoms with E-state index < -0.39 is 0 Å². The average molecular weight is 288 g/mol. The van der Waals surface area contributed by atoms with Crippen LogP contribution in [0.15, 0.2) is 24.3 Å². The standard InChI is InChI=1S/C15H20N4O2/c1-3-21-13(20)9-6-10-17-14-11-7-4-5-8-12(11)18-15(16-2)19-14/h4-5,7-8H,3,6,9-10H2,1-2H3,(H2,16,17,18,19). The molecule has 2 rings (SSSR count). The largest absolute Gasteiger partial charge is 0.466 e. The van der Waals surface area contributed by atoms with Crippen molar-refractivity contribution >= 4 is 28.6 Å². The van der Waals surface area contributed by atoms with E-state index in [9.17, 15) is 4.79 Å². The van der Waals surface area contributed by atoms with Gasteiger partial charge in [0.05, 0.1) is 12.1 Å². The first-order chi connectivity index (χ1) is 10.2. The Hall–Kier alpha value is -2.37. The van der Waals surface area contributed by atoms with Gasteiger partial charge in [-0.3, -0.25) is 4.79 Å². The van der Waals surface area contributed by atoms with Gasteiger partial charge in [0.1, 0.15) is 5.82 Å². The van der Waals surface area contributed by atoms with Gasteiger partial charge in [0, 0.05) is 25.4 Å². The molecule has 0 radical (unpaired) electrons. The summed E-state index contributed by atoms with van der Waals surface area (Å²) in [6, 6.07) is 7.82. The number of ether oxygens (including phenoxy) is 1. The van der Waals surface area contributed by atoms with Crippen molar-refractivity contribution in [2.75, 3.05) is 30.8 Å². The number of anilines is 2. The molecule has 0 spiro atoms. The predicted octanol–water partition coefficient (Wildman–Crippen LogP) is 2.43. The van der Waals surface area contributed by atoms with Gasteiger partial charge in [-0.15, -0.1) is 0 Å². The average Bonchev–Trinajstić information content (AvgIpc) is 2.51. The molecule has 21 heavy (non-hydrogen) atoms. The quantitative estimate of drug-likeness (QED) is 0.602. The Morgan fingerprint density at radius 3 is 2.86 bits per heavy atom. The van der Waals surface area contributed by atoms with Crippen molar-refractivity contribution in [3.05, 3.63) is 24.3 Å². The van der Waals surface area contributed by atoms with Crippen LogP contribution in [0.25, 0.3) is 10.9 Å². The molecule has 6 heteroatoms. The zero-order valence-electron chi connectivity index (χ0n) is 12.3. The maximum absolute atomic E-state index is 11.3. The van der Waals surface area contributed by atoms with Crippen molar-refractivity contribution in [2.45, 2.75) is 19.8 Å². The summed E-state index contributed by atoms with van der Waals surface area (Å²) in [5.41, 5.74) is 0.879. The minimum Gasteiger partial charge on any atom is -0.466 e. The number of rotatable bonds is 7. The van der Waals surface area contributed by atoms with Gasteiger partial charge in [-0.05, 0) is 25.5 Å². The van der Waals surface area contributed by atoms with Gasteiger partial charge in [-0.1, -0.05) is 12.1 Å². The fourth-order valence-electron chi connectivity index (χ4n) is 2.00. The lowest BCUT2D eigenvalue weighted by Crippen LogP contribution is -2.10. The highest BCUT2D eigenvalue weighted by molar-refractivity contribution is 5.90. The van der Waals surface area contributed by atoms with E-state index >= 15 is 0 Å². The molecule has 0 amide bonds. The van der Waals surface area contributed by atoms with Crippen molar-refractivity contribution in [1.82, 2.24) is 9.97 Å². The number of hydrogen-bond donors (Lipinski definition) is 2. The molecule has 0 aliphatic rings. The van der Waals surface area contributed by atoms with Crippen molar-refractivity contribution in [3.8, 4) is 0 Å². The number of fused-ring (bicyclic) bond motifs is 1. The summed E-state index contributed by atoms with van der Waals surface area (Å²) in [6.07, 6.45) is 1.11. The van der Waals surface area contributed by atoms with Crippen LogP contribution >= 0.6 is 0 Å². The lowest BCUT2D eigenvalue weighted by molar-refractivity contribution is -0.143. The second-order valence-corrected chi connectivity index (χ2v) is 4.50. The first kappa shape index (κ1) is 15.0. The summed E-state index contributed by atoms with van der Waals surface area (Å²) in [5, 5.41) is 7.17. The molecule has 0 saturated heterocycles. The van der Waals surface area contributed by atoms with E-state index in [0.717, 1.165) is 16.7 Å². The third-order valence-corrected chi connectivity index (χ3v) is 2.98. The number of nitrogens with one attached hydrogen (secondary N) is 2. The SMILES string of the molecule is CCOC(=O)CCCNc1nc(NC)nc2ccccc12. The number of esters is 1. The molecule has 112 valence electrons. The predicted molar refractivity (Wildman–Crippen MR) is 83.4 cm³/mol. The Bertz CT molecular complexity index is 616. The highest BCUT2D eigenvalue weighted by Gasteiger charge is 2.07. The number of para-hydroxylation sites is 1. The molecule has 0 fully saturated rings. The molecule has 0 bridgehead atoms.